The van der Waals surface area contributed by atoms with Crippen LogP contribution in [0.5, 0.6) is 0 Å². The molecule has 0 amide bonds. The van der Waals surface area contributed by atoms with Gasteiger partial charge >= 0.3 is 0 Å². The lowest BCUT2D eigenvalue weighted by Gasteiger charge is -2.14. The van der Waals surface area contributed by atoms with Crippen LogP contribution in [0, 0.1) is 5.92 Å². The zero-order valence-corrected chi connectivity index (χ0v) is 10.5. The summed E-state index contributed by atoms with van der Waals surface area (Å²) >= 11 is 0. The maximum Gasteiger partial charge on any atom is 0.0556 e. The van der Waals surface area contributed by atoms with E-state index in [0.29, 0.717) is 18.5 Å². The summed E-state index contributed by atoms with van der Waals surface area (Å²) in [6, 6.07) is 9.05. The van der Waals surface area contributed by atoms with Gasteiger partial charge in [0.05, 0.1) is 6.61 Å². The van der Waals surface area contributed by atoms with Gasteiger partial charge in [-0.2, -0.15) is 0 Å². The van der Waals surface area contributed by atoms with Gasteiger partial charge in [-0.1, -0.05) is 38.1 Å². The number of nitrogens with one attached hydrogen (secondary N) is 1. The minimum atomic E-state index is 0.190. The van der Waals surface area contributed by atoms with Crippen LogP contribution in [0.15, 0.2) is 24.3 Å². The SMILES string of the molecule is CC(C)Cc1ccc(C(C)NCCO)cc1. The second-order valence-electron chi connectivity index (χ2n) is 4.74. The van der Waals surface area contributed by atoms with Crippen molar-refractivity contribution >= 4 is 0 Å². The summed E-state index contributed by atoms with van der Waals surface area (Å²) in [5.74, 6) is 0.704. The summed E-state index contributed by atoms with van der Waals surface area (Å²) in [6.07, 6.45) is 1.14. The van der Waals surface area contributed by atoms with Crippen molar-refractivity contribution in [3.63, 3.8) is 0 Å². The van der Waals surface area contributed by atoms with E-state index < -0.39 is 0 Å². The number of aliphatic hydroxyl groups excluding tert-OH is 1. The van der Waals surface area contributed by atoms with Crippen LogP contribution in [0.3, 0.4) is 0 Å². The fraction of sp³-hybridized carbons (Fsp3) is 0.571. The van der Waals surface area contributed by atoms with Crippen molar-refractivity contribution in [3.05, 3.63) is 35.4 Å². The lowest BCUT2D eigenvalue weighted by molar-refractivity contribution is 0.286. The predicted octanol–water partition coefficient (Wildman–Crippen LogP) is 2.53. The van der Waals surface area contributed by atoms with Crippen LogP contribution in [0.1, 0.15) is 37.9 Å². The van der Waals surface area contributed by atoms with Crippen LogP contribution in [-0.4, -0.2) is 18.3 Å². The third-order valence-electron chi connectivity index (χ3n) is 2.69. The number of rotatable bonds is 6. The zero-order chi connectivity index (χ0) is 12.0. The second-order valence-corrected chi connectivity index (χ2v) is 4.74. The van der Waals surface area contributed by atoms with Gasteiger partial charge < -0.3 is 10.4 Å². The van der Waals surface area contributed by atoms with Gasteiger partial charge in [0.1, 0.15) is 0 Å². The van der Waals surface area contributed by atoms with Gasteiger partial charge in [-0.25, -0.2) is 0 Å². The molecule has 0 heterocycles. The lowest BCUT2D eigenvalue weighted by atomic mass is 10.00. The van der Waals surface area contributed by atoms with Gasteiger partial charge in [0.2, 0.25) is 0 Å². The molecule has 0 aliphatic rings. The highest BCUT2D eigenvalue weighted by Crippen LogP contribution is 2.15. The molecule has 1 atom stereocenters. The summed E-state index contributed by atoms with van der Waals surface area (Å²) in [7, 11) is 0. The van der Waals surface area contributed by atoms with Crippen LogP contribution >= 0.6 is 0 Å². The number of aliphatic hydroxyl groups is 1. The van der Waals surface area contributed by atoms with Crippen LogP contribution < -0.4 is 5.32 Å². The van der Waals surface area contributed by atoms with E-state index in [4.69, 9.17) is 5.11 Å². The van der Waals surface area contributed by atoms with E-state index in [-0.39, 0.29) is 6.61 Å². The molecule has 0 fully saturated rings. The molecule has 2 nitrogen and oxygen atoms in total. The van der Waals surface area contributed by atoms with E-state index in [1.807, 2.05) is 0 Å². The van der Waals surface area contributed by atoms with Crippen molar-refractivity contribution in [3.8, 4) is 0 Å². The zero-order valence-electron chi connectivity index (χ0n) is 10.5. The lowest BCUT2D eigenvalue weighted by Crippen LogP contribution is -2.22. The van der Waals surface area contributed by atoms with E-state index >= 15 is 0 Å². The summed E-state index contributed by atoms with van der Waals surface area (Å²) in [4.78, 5) is 0. The van der Waals surface area contributed by atoms with Crippen LogP contribution in [0.25, 0.3) is 0 Å². The summed E-state index contributed by atoms with van der Waals surface area (Å²) < 4.78 is 0. The molecular weight excluding hydrogens is 198 g/mol. The smallest absolute Gasteiger partial charge is 0.0556 e. The van der Waals surface area contributed by atoms with E-state index in [9.17, 15) is 0 Å². The fourth-order valence-corrected chi connectivity index (χ4v) is 1.81. The van der Waals surface area contributed by atoms with Gasteiger partial charge in [0, 0.05) is 12.6 Å². The van der Waals surface area contributed by atoms with E-state index in [1.165, 1.54) is 11.1 Å². The molecule has 90 valence electrons. The largest absolute Gasteiger partial charge is 0.395 e. The molecule has 1 aromatic carbocycles. The van der Waals surface area contributed by atoms with Crippen molar-refractivity contribution in [1.82, 2.24) is 5.32 Å². The van der Waals surface area contributed by atoms with Gasteiger partial charge in [0.15, 0.2) is 0 Å². The first-order valence-electron chi connectivity index (χ1n) is 6.06. The Morgan fingerprint density at radius 2 is 1.75 bits per heavy atom. The van der Waals surface area contributed by atoms with Crippen LogP contribution in [0.2, 0.25) is 0 Å². The van der Waals surface area contributed by atoms with E-state index in [1.54, 1.807) is 0 Å². The average molecular weight is 221 g/mol. The summed E-state index contributed by atoms with van der Waals surface area (Å²) in [6.45, 7) is 7.43. The first-order valence-corrected chi connectivity index (χ1v) is 6.06. The van der Waals surface area contributed by atoms with Crippen molar-refractivity contribution < 1.29 is 5.11 Å². The average Bonchev–Trinajstić information content (AvgIpc) is 2.26. The molecular formula is C14H23NO. The topological polar surface area (TPSA) is 32.3 Å². The first-order chi connectivity index (χ1) is 7.63. The standard InChI is InChI=1S/C14H23NO/c1-11(2)10-13-4-6-14(7-5-13)12(3)15-8-9-16/h4-7,11-12,15-16H,8-10H2,1-3H3. The Kier molecular flexibility index (Phi) is 5.50. The Morgan fingerprint density at radius 1 is 1.12 bits per heavy atom. The van der Waals surface area contributed by atoms with Gasteiger partial charge in [-0.15, -0.1) is 0 Å². The molecule has 2 heteroatoms. The number of hydrogen-bond acceptors (Lipinski definition) is 2. The number of hydrogen-bond donors (Lipinski definition) is 2. The van der Waals surface area contributed by atoms with Crippen molar-refractivity contribution in [2.45, 2.75) is 33.2 Å². The Bertz CT molecular complexity index is 292. The Morgan fingerprint density at radius 3 is 2.25 bits per heavy atom. The molecule has 0 radical (unpaired) electrons. The van der Waals surface area contributed by atoms with Gasteiger partial charge in [-0.3, -0.25) is 0 Å². The van der Waals surface area contributed by atoms with Crippen molar-refractivity contribution in [1.29, 1.82) is 0 Å². The summed E-state index contributed by atoms with van der Waals surface area (Å²) in [5.41, 5.74) is 2.68. The van der Waals surface area contributed by atoms with E-state index in [2.05, 4.69) is 50.4 Å². The van der Waals surface area contributed by atoms with Crippen molar-refractivity contribution in [2.24, 2.45) is 5.92 Å². The monoisotopic (exact) mass is 221 g/mol. The molecule has 0 aromatic heterocycles. The minimum Gasteiger partial charge on any atom is -0.395 e. The maximum absolute atomic E-state index is 8.74. The second kappa shape index (κ2) is 6.66. The normalized spacial score (nSPS) is 13.1. The fourth-order valence-electron chi connectivity index (χ4n) is 1.81. The predicted molar refractivity (Wildman–Crippen MR) is 68.5 cm³/mol. The molecule has 0 saturated heterocycles. The van der Waals surface area contributed by atoms with Gasteiger partial charge in [-0.05, 0) is 30.4 Å². The highest BCUT2D eigenvalue weighted by Gasteiger charge is 2.04. The quantitative estimate of drug-likeness (QED) is 0.773. The number of benzene rings is 1. The van der Waals surface area contributed by atoms with E-state index in [0.717, 1.165) is 6.42 Å². The molecule has 1 unspecified atom stereocenters. The van der Waals surface area contributed by atoms with Gasteiger partial charge in [0.25, 0.3) is 0 Å². The molecule has 1 rings (SSSR count). The molecule has 16 heavy (non-hydrogen) atoms. The van der Waals surface area contributed by atoms with Crippen molar-refractivity contribution in [2.75, 3.05) is 13.2 Å². The molecule has 0 spiro atoms. The Hall–Kier alpha value is -0.860. The molecule has 0 saturated carbocycles. The third kappa shape index (κ3) is 4.33. The summed E-state index contributed by atoms with van der Waals surface area (Å²) in [5, 5.41) is 12.0. The molecule has 0 aliphatic carbocycles. The maximum atomic E-state index is 8.74. The van der Waals surface area contributed by atoms with Crippen LogP contribution in [-0.2, 0) is 6.42 Å². The molecule has 2 N–H and O–H groups in total. The van der Waals surface area contributed by atoms with Crippen LogP contribution in [0.4, 0.5) is 0 Å². The highest BCUT2D eigenvalue weighted by atomic mass is 16.3. The third-order valence-corrected chi connectivity index (χ3v) is 2.69. The Labute approximate surface area is 98.7 Å². The first kappa shape index (κ1) is 13.2. The highest BCUT2D eigenvalue weighted by molar-refractivity contribution is 5.24. The minimum absolute atomic E-state index is 0.190. The molecule has 0 aliphatic heterocycles. The molecule has 0 bridgehead atoms. The molecule has 1 aromatic rings. The Balaban J connectivity index is 2.56.